The summed E-state index contributed by atoms with van der Waals surface area (Å²) < 4.78 is 16.1. The number of alkyl carbamates (subject to hydrolysis) is 1. The van der Waals surface area contributed by atoms with E-state index in [0.29, 0.717) is 5.82 Å². The van der Waals surface area contributed by atoms with E-state index >= 15 is 0 Å². The first-order valence-corrected chi connectivity index (χ1v) is 10.8. The average Bonchev–Trinajstić information content (AvgIpc) is 3.31. The second-order valence-electron chi connectivity index (χ2n) is 9.00. The molecular formula is C25H27N3O5. The van der Waals surface area contributed by atoms with Gasteiger partial charge in [0.05, 0.1) is 6.42 Å². The molecule has 1 aromatic heterocycles. The number of nitrogens with zero attached hydrogens (tertiary/aromatic N) is 2. The highest BCUT2D eigenvalue weighted by Gasteiger charge is 2.32. The average molecular weight is 450 g/mol. The largest absolute Gasteiger partial charge is 0.458 e. The Morgan fingerprint density at radius 3 is 2.21 bits per heavy atom. The second-order valence-corrected chi connectivity index (χ2v) is 9.00. The number of aryl methyl sites for hydroxylation is 1. The van der Waals surface area contributed by atoms with Crippen LogP contribution in [-0.4, -0.2) is 40.5 Å². The third-order valence-corrected chi connectivity index (χ3v) is 5.28. The van der Waals surface area contributed by atoms with E-state index in [-0.39, 0.29) is 24.8 Å². The van der Waals surface area contributed by atoms with Crippen molar-refractivity contribution in [2.75, 3.05) is 6.61 Å². The normalized spacial score (nSPS) is 13.7. The number of aromatic nitrogens is 2. The van der Waals surface area contributed by atoms with Crippen molar-refractivity contribution < 1.29 is 23.6 Å². The van der Waals surface area contributed by atoms with Gasteiger partial charge in [0, 0.05) is 5.92 Å². The van der Waals surface area contributed by atoms with Gasteiger partial charge in [-0.15, -0.1) is 0 Å². The first-order chi connectivity index (χ1) is 15.7. The summed E-state index contributed by atoms with van der Waals surface area (Å²) in [6, 6.07) is 15.1. The van der Waals surface area contributed by atoms with Crippen molar-refractivity contribution in [1.82, 2.24) is 15.5 Å². The van der Waals surface area contributed by atoms with Crippen molar-refractivity contribution in [3.63, 3.8) is 0 Å². The Balaban J connectivity index is 1.46. The summed E-state index contributed by atoms with van der Waals surface area (Å²) in [4.78, 5) is 29.5. The quantitative estimate of drug-likeness (QED) is 0.563. The van der Waals surface area contributed by atoms with Crippen molar-refractivity contribution in [1.29, 1.82) is 0 Å². The fourth-order valence-corrected chi connectivity index (χ4v) is 3.95. The van der Waals surface area contributed by atoms with Crippen molar-refractivity contribution >= 4 is 12.1 Å². The fraction of sp³-hybridized carbons (Fsp3) is 0.360. The summed E-state index contributed by atoms with van der Waals surface area (Å²) in [5.74, 6) is -0.0232. The Morgan fingerprint density at radius 1 is 1.06 bits per heavy atom. The Hall–Kier alpha value is -3.68. The number of carbonyl (C=O) groups excluding carboxylic acids is 2. The van der Waals surface area contributed by atoms with Crippen LogP contribution in [0.15, 0.2) is 53.1 Å². The molecule has 0 saturated carbocycles. The zero-order valence-corrected chi connectivity index (χ0v) is 19.1. The highest BCUT2D eigenvalue weighted by atomic mass is 16.6. The third-order valence-electron chi connectivity index (χ3n) is 5.28. The number of hydrogen-bond donors (Lipinski definition) is 1. The van der Waals surface area contributed by atoms with Gasteiger partial charge in [-0.25, -0.2) is 9.59 Å². The molecule has 1 atom stereocenters. The predicted octanol–water partition coefficient (Wildman–Crippen LogP) is 4.17. The van der Waals surface area contributed by atoms with Crippen LogP contribution in [-0.2, 0) is 20.7 Å². The molecule has 0 spiro atoms. The standard InChI is InChI=1S/C25H27N3O5/c1-15-26-22(33-28-15)13-21(23(29)32-25(2,3)4)27-24(30)31-14-20-18-11-7-5-9-16(18)17-10-6-8-12-19(17)20/h5-12,20-21H,13-14H2,1-4H3,(H,27,30)/t21-/m0/s1. The summed E-state index contributed by atoms with van der Waals surface area (Å²) >= 11 is 0. The molecule has 1 heterocycles. The van der Waals surface area contributed by atoms with Crippen LogP contribution in [0.25, 0.3) is 11.1 Å². The molecule has 1 N–H and O–H groups in total. The Labute approximate surface area is 192 Å². The molecule has 1 aliphatic carbocycles. The van der Waals surface area contributed by atoms with Crippen LogP contribution in [0.1, 0.15) is 49.5 Å². The molecule has 1 aliphatic rings. The molecule has 1 amide bonds. The van der Waals surface area contributed by atoms with Crippen LogP contribution in [0.5, 0.6) is 0 Å². The molecule has 8 heteroatoms. The number of hydrogen-bond acceptors (Lipinski definition) is 7. The predicted molar refractivity (Wildman–Crippen MR) is 121 cm³/mol. The van der Waals surface area contributed by atoms with Gasteiger partial charge in [0.1, 0.15) is 18.2 Å². The molecule has 3 aromatic rings. The molecule has 8 nitrogen and oxygen atoms in total. The van der Waals surface area contributed by atoms with Gasteiger partial charge in [0.15, 0.2) is 5.82 Å². The summed E-state index contributed by atoms with van der Waals surface area (Å²) in [6.45, 7) is 7.08. The van der Waals surface area contributed by atoms with E-state index in [2.05, 4.69) is 27.6 Å². The summed E-state index contributed by atoms with van der Waals surface area (Å²) in [5, 5.41) is 6.34. The van der Waals surface area contributed by atoms with Gasteiger partial charge in [-0.3, -0.25) is 0 Å². The Kier molecular flexibility index (Phi) is 6.18. The number of carbonyl (C=O) groups is 2. The van der Waals surface area contributed by atoms with Crippen molar-refractivity contribution in [3.8, 4) is 11.1 Å². The van der Waals surface area contributed by atoms with Crippen molar-refractivity contribution in [2.45, 2.75) is 51.7 Å². The lowest BCUT2D eigenvalue weighted by atomic mass is 9.98. The highest BCUT2D eigenvalue weighted by molar-refractivity contribution is 5.82. The number of esters is 1. The zero-order chi connectivity index (χ0) is 23.6. The maximum Gasteiger partial charge on any atom is 0.407 e. The van der Waals surface area contributed by atoms with Gasteiger partial charge >= 0.3 is 12.1 Å². The Bertz CT molecular complexity index is 1120. The Morgan fingerprint density at radius 2 is 1.67 bits per heavy atom. The van der Waals surface area contributed by atoms with Gasteiger partial charge in [-0.1, -0.05) is 53.7 Å². The highest BCUT2D eigenvalue weighted by Crippen LogP contribution is 2.44. The summed E-state index contributed by atoms with van der Waals surface area (Å²) in [6.07, 6.45) is -0.719. The maximum absolute atomic E-state index is 12.7. The molecule has 0 fully saturated rings. The molecule has 0 bridgehead atoms. The van der Waals surface area contributed by atoms with Gasteiger partial charge in [0.2, 0.25) is 5.89 Å². The minimum absolute atomic E-state index is 0.0000509. The topological polar surface area (TPSA) is 104 Å². The monoisotopic (exact) mass is 449 g/mol. The van der Waals surface area contributed by atoms with E-state index in [1.54, 1.807) is 27.7 Å². The molecule has 2 aromatic carbocycles. The van der Waals surface area contributed by atoms with Gasteiger partial charge in [-0.2, -0.15) is 4.98 Å². The van der Waals surface area contributed by atoms with Crippen LogP contribution in [0, 0.1) is 6.92 Å². The van der Waals surface area contributed by atoms with E-state index < -0.39 is 23.7 Å². The second kappa shape index (κ2) is 9.05. The lowest BCUT2D eigenvalue weighted by Crippen LogP contribution is -2.46. The molecule has 4 rings (SSSR count). The van der Waals surface area contributed by atoms with Crippen LogP contribution in [0.2, 0.25) is 0 Å². The first kappa shape index (κ1) is 22.5. The van der Waals surface area contributed by atoms with E-state index in [0.717, 1.165) is 22.3 Å². The molecule has 0 aliphatic heterocycles. The smallest absolute Gasteiger partial charge is 0.407 e. The minimum atomic E-state index is -1.03. The third kappa shape index (κ3) is 5.22. The SMILES string of the molecule is Cc1noc(C[C@H](NC(=O)OCC2c3ccccc3-c3ccccc32)C(=O)OC(C)(C)C)n1. The van der Waals surface area contributed by atoms with Crippen LogP contribution in [0.4, 0.5) is 4.79 Å². The zero-order valence-electron chi connectivity index (χ0n) is 19.1. The van der Waals surface area contributed by atoms with E-state index in [4.69, 9.17) is 14.0 Å². The van der Waals surface area contributed by atoms with Gasteiger partial charge in [-0.05, 0) is 49.9 Å². The van der Waals surface area contributed by atoms with Crippen LogP contribution >= 0.6 is 0 Å². The van der Waals surface area contributed by atoms with Crippen molar-refractivity contribution in [3.05, 3.63) is 71.4 Å². The minimum Gasteiger partial charge on any atom is -0.458 e. The number of rotatable bonds is 6. The van der Waals surface area contributed by atoms with E-state index in [1.807, 2.05) is 36.4 Å². The molecule has 0 radical (unpaired) electrons. The van der Waals surface area contributed by atoms with Crippen molar-refractivity contribution in [2.24, 2.45) is 0 Å². The molecule has 33 heavy (non-hydrogen) atoms. The number of ether oxygens (including phenoxy) is 2. The van der Waals surface area contributed by atoms with Crippen LogP contribution in [0.3, 0.4) is 0 Å². The first-order valence-electron chi connectivity index (χ1n) is 10.8. The molecular weight excluding hydrogens is 422 g/mol. The fourth-order valence-electron chi connectivity index (χ4n) is 3.95. The summed E-state index contributed by atoms with van der Waals surface area (Å²) in [7, 11) is 0. The summed E-state index contributed by atoms with van der Waals surface area (Å²) in [5.41, 5.74) is 3.78. The van der Waals surface area contributed by atoms with E-state index in [1.165, 1.54) is 0 Å². The van der Waals surface area contributed by atoms with Crippen LogP contribution < -0.4 is 5.32 Å². The van der Waals surface area contributed by atoms with E-state index in [9.17, 15) is 9.59 Å². The van der Waals surface area contributed by atoms with Gasteiger partial charge < -0.3 is 19.3 Å². The number of nitrogens with one attached hydrogen (secondary N) is 1. The molecule has 172 valence electrons. The number of fused-ring (bicyclic) bond motifs is 3. The molecule has 0 saturated heterocycles. The number of benzene rings is 2. The molecule has 0 unspecified atom stereocenters. The lowest BCUT2D eigenvalue weighted by molar-refractivity contribution is -0.157. The lowest BCUT2D eigenvalue weighted by Gasteiger charge is -2.24. The number of amides is 1. The van der Waals surface area contributed by atoms with Gasteiger partial charge in [0.25, 0.3) is 0 Å². The maximum atomic E-state index is 12.7.